The molecule has 5 nitrogen and oxygen atoms in total. The molecule has 2 fully saturated rings. The number of hydrogen-bond donors (Lipinski definition) is 0. The lowest BCUT2D eigenvalue weighted by Gasteiger charge is -2.17. The van der Waals surface area contributed by atoms with Gasteiger partial charge in [-0.2, -0.15) is 5.10 Å². The van der Waals surface area contributed by atoms with E-state index in [9.17, 15) is 10.1 Å². The van der Waals surface area contributed by atoms with Crippen LogP contribution in [0.4, 0.5) is 0 Å². The zero-order chi connectivity index (χ0) is 19.4. The van der Waals surface area contributed by atoms with Crippen LogP contribution in [0.5, 0.6) is 0 Å². The summed E-state index contributed by atoms with van der Waals surface area (Å²) in [6.45, 7) is 4.15. The van der Waals surface area contributed by atoms with E-state index in [-0.39, 0.29) is 12.6 Å². The Kier molecular flexibility index (Phi) is 6.10. The van der Waals surface area contributed by atoms with Crippen molar-refractivity contribution in [2.24, 2.45) is 7.05 Å². The van der Waals surface area contributed by atoms with Crippen molar-refractivity contribution in [2.45, 2.75) is 64.0 Å². The highest BCUT2D eigenvalue weighted by Crippen LogP contribution is 2.41. The minimum atomic E-state index is 0.147. The Labute approximate surface area is 161 Å². The second kappa shape index (κ2) is 8.52. The molecule has 0 N–H and O–H groups in total. The van der Waals surface area contributed by atoms with Crippen LogP contribution in [-0.4, -0.2) is 27.3 Å². The third-order valence-corrected chi connectivity index (χ3v) is 5.66. The summed E-state index contributed by atoms with van der Waals surface area (Å²) in [6, 6.07) is 4.17. The molecule has 0 amide bonds. The number of Topliss-reactive ketones (excluding diaryl/α,β-unsaturated/α-hetero) is 1. The van der Waals surface area contributed by atoms with E-state index in [2.05, 4.69) is 17.1 Å². The average molecular weight is 362 g/mol. The van der Waals surface area contributed by atoms with Crippen LogP contribution in [0, 0.1) is 11.2 Å². The summed E-state index contributed by atoms with van der Waals surface area (Å²) in [5, 5.41) is 13.8. The van der Waals surface area contributed by atoms with E-state index >= 15 is 0 Å². The third kappa shape index (κ3) is 4.13. The smallest absolute Gasteiger partial charge is 0.268 e. The molecule has 3 heterocycles. The summed E-state index contributed by atoms with van der Waals surface area (Å²) < 4.78 is 1.81. The first-order chi connectivity index (χ1) is 13.1. The maximum atomic E-state index is 11.7. The Morgan fingerprint density at radius 3 is 2.70 bits per heavy atom. The minimum Gasteiger partial charge on any atom is -0.300 e. The molecule has 2 aliphatic rings. The molecule has 1 aliphatic carbocycles. The lowest BCUT2D eigenvalue weighted by atomic mass is 9.49. The van der Waals surface area contributed by atoms with Crippen molar-refractivity contribution in [1.82, 2.24) is 14.8 Å². The topological polar surface area (TPSA) is 71.6 Å². The standard InChI is InChI=1S/C19H21BN4O.C2H6/c1-24-7-5-18(23-24)16-9-19(13-2-3-15(25)8-13)22-11-17(16)14-4-6-20(10-14)12-21;1-2/h5,7,9,11,13-14H,2-4,6,8,10H2,1H3;1-2H3. The highest BCUT2D eigenvalue weighted by Gasteiger charge is 2.32. The fourth-order valence-corrected chi connectivity index (χ4v) is 4.26. The summed E-state index contributed by atoms with van der Waals surface area (Å²) >= 11 is 0. The van der Waals surface area contributed by atoms with Crippen molar-refractivity contribution in [3.63, 3.8) is 0 Å². The number of carbonyl (C=O) groups excluding carboxylic acids is 1. The van der Waals surface area contributed by atoms with Gasteiger partial charge >= 0.3 is 0 Å². The van der Waals surface area contributed by atoms with E-state index in [4.69, 9.17) is 4.98 Å². The Bertz CT molecular complexity index is 854. The van der Waals surface area contributed by atoms with Crippen molar-refractivity contribution >= 4 is 12.5 Å². The second-order valence-corrected chi connectivity index (χ2v) is 7.39. The van der Waals surface area contributed by atoms with Crippen molar-refractivity contribution in [2.75, 3.05) is 0 Å². The third-order valence-electron chi connectivity index (χ3n) is 5.66. The molecule has 0 spiro atoms. The molecule has 1 saturated carbocycles. The number of aryl methyl sites for hydroxylation is 1. The molecule has 2 aromatic heterocycles. The van der Waals surface area contributed by atoms with E-state index in [1.807, 2.05) is 44.0 Å². The van der Waals surface area contributed by atoms with Gasteiger partial charge in [0, 0.05) is 55.4 Å². The van der Waals surface area contributed by atoms with Crippen LogP contribution in [0.2, 0.25) is 12.6 Å². The molecule has 4 rings (SSSR count). The molecule has 2 unspecified atom stereocenters. The molecule has 27 heavy (non-hydrogen) atoms. The van der Waals surface area contributed by atoms with Crippen LogP contribution in [0.15, 0.2) is 24.5 Å². The minimum absolute atomic E-state index is 0.147. The van der Waals surface area contributed by atoms with Crippen LogP contribution >= 0.6 is 0 Å². The number of rotatable bonds is 3. The Morgan fingerprint density at radius 1 is 1.30 bits per heavy atom. The Morgan fingerprint density at radius 2 is 2.11 bits per heavy atom. The summed E-state index contributed by atoms with van der Waals surface area (Å²) in [4.78, 5) is 16.4. The summed E-state index contributed by atoms with van der Waals surface area (Å²) in [5.41, 5.74) is 4.27. The second-order valence-electron chi connectivity index (χ2n) is 7.39. The SMILES string of the molecule is CC.Cn1ccc(-c2cc(C3CCC(=O)C3)ncc2C2CCB(C#N)C2)n1. The highest BCUT2D eigenvalue weighted by atomic mass is 16.1. The number of carbonyl (C=O) groups is 1. The monoisotopic (exact) mass is 362 g/mol. The van der Waals surface area contributed by atoms with Gasteiger partial charge in [0.1, 0.15) is 5.78 Å². The van der Waals surface area contributed by atoms with Gasteiger partial charge in [-0.15, -0.1) is 0 Å². The lowest BCUT2D eigenvalue weighted by Crippen LogP contribution is -2.06. The molecular weight excluding hydrogens is 335 g/mol. The molecule has 0 bridgehead atoms. The maximum Gasteiger partial charge on any atom is 0.268 e. The number of aromatic nitrogens is 3. The van der Waals surface area contributed by atoms with Crippen LogP contribution in [0.3, 0.4) is 0 Å². The van der Waals surface area contributed by atoms with Crippen molar-refractivity contribution in [1.29, 1.82) is 5.26 Å². The molecule has 1 saturated heterocycles. The van der Waals surface area contributed by atoms with Gasteiger partial charge in [-0.3, -0.25) is 14.5 Å². The van der Waals surface area contributed by atoms with E-state index in [0.29, 0.717) is 24.5 Å². The molecule has 0 radical (unpaired) electrons. The summed E-state index contributed by atoms with van der Waals surface area (Å²) in [6.07, 6.45) is 8.99. The van der Waals surface area contributed by atoms with Crippen molar-refractivity contribution < 1.29 is 4.79 Å². The fourth-order valence-electron chi connectivity index (χ4n) is 4.26. The zero-order valence-electron chi connectivity index (χ0n) is 16.5. The van der Waals surface area contributed by atoms with Gasteiger partial charge in [-0.05, 0) is 30.0 Å². The van der Waals surface area contributed by atoms with E-state index in [1.165, 1.54) is 5.56 Å². The number of nitrogens with zero attached hydrogens (tertiary/aromatic N) is 4. The first kappa shape index (κ1) is 19.3. The highest BCUT2D eigenvalue weighted by molar-refractivity contribution is 6.67. The van der Waals surface area contributed by atoms with Crippen molar-refractivity contribution in [3.05, 3.63) is 35.8 Å². The van der Waals surface area contributed by atoms with Crippen molar-refractivity contribution in [3.8, 4) is 17.2 Å². The normalized spacial score (nSPS) is 21.7. The summed E-state index contributed by atoms with van der Waals surface area (Å²) in [5.74, 6) is 3.35. The number of pyridine rings is 1. The molecule has 2 aromatic rings. The molecule has 140 valence electrons. The van der Waals surface area contributed by atoms with Gasteiger partial charge in [0.25, 0.3) is 6.71 Å². The Hall–Kier alpha value is -2.42. The number of ketones is 1. The summed E-state index contributed by atoms with van der Waals surface area (Å²) in [7, 11) is 1.92. The van der Waals surface area contributed by atoms with Crippen LogP contribution in [0.25, 0.3) is 11.3 Å². The molecule has 1 aliphatic heterocycles. The quantitative estimate of drug-likeness (QED) is 0.759. The first-order valence-corrected chi connectivity index (χ1v) is 10.0. The van der Waals surface area contributed by atoms with E-state index < -0.39 is 0 Å². The predicted octanol–water partition coefficient (Wildman–Crippen LogP) is 4.39. The maximum absolute atomic E-state index is 11.7. The lowest BCUT2D eigenvalue weighted by molar-refractivity contribution is -0.117. The fraction of sp³-hybridized carbons (Fsp3) is 0.524. The average Bonchev–Trinajstić information content (AvgIpc) is 3.43. The van der Waals surface area contributed by atoms with Gasteiger partial charge in [0.2, 0.25) is 0 Å². The van der Waals surface area contributed by atoms with Gasteiger partial charge in [-0.25, -0.2) is 5.26 Å². The van der Waals surface area contributed by atoms with Gasteiger partial charge < -0.3 is 0 Å². The van der Waals surface area contributed by atoms with Gasteiger partial charge in [0.15, 0.2) is 0 Å². The molecular formula is C21H27BN4O. The number of nitriles is 1. The van der Waals surface area contributed by atoms with Gasteiger partial charge in [0.05, 0.1) is 5.69 Å². The van der Waals surface area contributed by atoms with E-state index in [0.717, 1.165) is 42.4 Å². The van der Waals surface area contributed by atoms with Gasteiger partial charge in [-0.1, -0.05) is 32.9 Å². The zero-order valence-corrected chi connectivity index (χ0v) is 16.5. The molecule has 0 aromatic carbocycles. The van der Waals surface area contributed by atoms with E-state index in [1.54, 1.807) is 0 Å². The molecule has 2 atom stereocenters. The van der Waals surface area contributed by atoms with Crippen LogP contribution in [0.1, 0.15) is 62.6 Å². The molecule has 6 heteroatoms. The Balaban J connectivity index is 0.00000102. The first-order valence-electron chi connectivity index (χ1n) is 10.0. The predicted molar refractivity (Wildman–Crippen MR) is 108 cm³/mol. The van der Waals surface area contributed by atoms with Crippen LogP contribution in [-0.2, 0) is 11.8 Å². The largest absolute Gasteiger partial charge is 0.300 e. The number of hydrogen-bond acceptors (Lipinski definition) is 4. The van der Waals surface area contributed by atoms with Crippen LogP contribution < -0.4 is 0 Å².